The van der Waals surface area contributed by atoms with E-state index in [1.807, 2.05) is 17.5 Å². The van der Waals surface area contributed by atoms with E-state index in [4.69, 9.17) is 5.84 Å². The van der Waals surface area contributed by atoms with Crippen LogP contribution in [0.5, 0.6) is 0 Å². The van der Waals surface area contributed by atoms with Gasteiger partial charge in [0.25, 0.3) is 0 Å². The fourth-order valence-electron chi connectivity index (χ4n) is 2.15. The Balaban J connectivity index is 2.13. The highest BCUT2D eigenvalue weighted by atomic mass is 32.1. The van der Waals surface area contributed by atoms with Gasteiger partial charge in [0.2, 0.25) is 0 Å². The summed E-state index contributed by atoms with van der Waals surface area (Å²) in [5.74, 6) is 4.21. The zero-order chi connectivity index (χ0) is 14.1. The van der Waals surface area contributed by atoms with Crippen LogP contribution in [0.1, 0.15) is 17.2 Å². The van der Waals surface area contributed by atoms with Crippen LogP contribution in [-0.2, 0) is 0 Å². The minimum Gasteiger partial charge on any atom is -0.271 e. The van der Waals surface area contributed by atoms with Crippen molar-refractivity contribution in [3.63, 3.8) is 0 Å². The molecule has 3 N–H and O–H groups in total. The number of hydrogen-bond donors (Lipinski definition) is 2. The second-order valence-corrected chi connectivity index (χ2v) is 5.26. The first-order valence-corrected chi connectivity index (χ1v) is 6.82. The third-order valence-corrected chi connectivity index (χ3v) is 3.97. The van der Waals surface area contributed by atoms with Crippen LogP contribution in [0.25, 0.3) is 10.2 Å². The lowest BCUT2D eigenvalue weighted by Crippen LogP contribution is -2.30. The molecule has 0 aliphatic heterocycles. The lowest BCUT2D eigenvalue weighted by atomic mass is 9.99. The Bertz CT molecular complexity index is 737. The molecule has 0 spiro atoms. The van der Waals surface area contributed by atoms with Crippen LogP contribution in [0, 0.1) is 11.6 Å². The molecular weight excluding hydrogens is 280 g/mol. The number of hydrazine groups is 1. The molecule has 0 bridgehead atoms. The minimum atomic E-state index is -0.782. The average molecular weight is 291 g/mol. The number of benzene rings is 1. The SMILES string of the molecule is NNC(c1cnc2ccsc2c1)c1c(F)cccc1F. The minimum absolute atomic E-state index is 0.104. The molecule has 3 aromatic rings. The van der Waals surface area contributed by atoms with Crippen molar-refractivity contribution < 1.29 is 8.78 Å². The molecule has 3 rings (SSSR count). The molecule has 0 amide bonds. The second kappa shape index (κ2) is 5.24. The molecule has 0 aliphatic carbocycles. The second-order valence-electron chi connectivity index (χ2n) is 4.31. The van der Waals surface area contributed by atoms with Gasteiger partial charge in [-0.3, -0.25) is 10.8 Å². The predicted octanol–water partition coefficient (Wildman–Crippen LogP) is 3.13. The van der Waals surface area contributed by atoms with Crippen molar-refractivity contribution in [3.05, 3.63) is 64.7 Å². The third-order valence-electron chi connectivity index (χ3n) is 3.11. The summed E-state index contributed by atoms with van der Waals surface area (Å²) in [6.45, 7) is 0. The number of hydrogen-bond acceptors (Lipinski definition) is 4. The quantitative estimate of drug-likeness (QED) is 0.576. The first kappa shape index (κ1) is 13.1. The molecule has 1 atom stereocenters. The van der Waals surface area contributed by atoms with Crippen LogP contribution in [0.2, 0.25) is 0 Å². The summed E-state index contributed by atoms with van der Waals surface area (Å²) in [6.07, 6.45) is 1.57. The standard InChI is InChI=1S/C14H11F2N3S/c15-9-2-1-3-10(16)13(9)14(19-17)8-6-12-11(18-7-8)4-5-20-12/h1-7,14,19H,17H2. The highest BCUT2D eigenvalue weighted by Gasteiger charge is 2.21. The summed E-state index contributed by atoms with van der Waals surface area (Å²) in [7, 11) is 0. The van der Waals surface area contributed by atoms with Crippen LogP contribution < -0.4 is 11.3 Å². The molecule has 6 heteroatoms. The normalized spacial score (nSPS) is 12.8. The van der Waals surface area contributed by atoms with Gasteiger partial charge in [-0.1, -0.05) is 6.07 Å². The van der Waals surface area contributed by atoms with E-state index in [9.17, 15) is 8.78 Å². The van der Waals surface area contributed by atoms with Gasteiger partial charge in [-0.25, -0.2) is 14.2 Å². The van der Waals surface area contributed by atoms with E-state index in [2.05, 4.69) is 10.4 Å². The Morgan fingerprint density at radius 1 is 1.20 bits per heavy atom. The summed E-state index contributed by atoms with van der Waals surface area (Å²) in [4.78, 5) is 4.26. The molecule has 2 heterocycles. The molecule has 102 valence electrons. The maximum atomic E-state index is 13.9. The fraction of sp³-hybridized carbons (Fsp3) is 0.0714. The number of fused-ring (bicyclic) bond motifs is 1. The molecule has 1 aromatic carbocycles. The molecule has 1 unspecified atom stereocenters. The summed E-state index contributed by atoms with van der Waals surface area (Å²) in [6, 6.07) is 6.68. The molecular formula is C14H11F2N3S. The van der Waals surface area contributed by atoms with E-state index in [0.29, 0.717) is 5.56 Å². The number of aromatic nitrogens is 1. The molecule has 2 aromatic heterocycles. The summed E-state index contributed by atoms with van der Waals surface area (Å²) in [5, 5.41) is 1.91. The number of pyridine rings is 1. The van der Waals surface area contributed by atoms with Crippen LogP contribution in [-0.4, -0.2) is 4.98 Å². The van der Waals surface area contributed by atoms with Crippen molar-refractivity contribution in [3.8, 4) is 0 Å². The maximum absolute atomic E-state index is 13.9. The number of nitrogens with zero attached hydrogens (tertiary/aromatic N) is 1. The van der Waals surface area contributed by atoms with Gasteiger partial charge in [0.15, 0.2) is 0 Å². The van der Waals surface area contributed by atoms with E-state index in [1.54, 1.807) is 6.20 Å². The van der Waals surface area contributed by atoms with Gasteiger partial charge in [-0.2, -0.15) is 0 Å². The summed E-state index contributed by atoms with van der Waals surface area (Å²) < 4.78 is 28.7. The Morgan fingerprint density at radius 2 is 1.95 bits per heavy atom. The Morgan fingerprint density at radius 3 is 2.65 bits per heavy atom. The van der Waals surface area contributed by atoms with Crippen LogP contribution in [0.3, 0.4) is 0 Å². The number of rotatable bonds is 3. The molecule has 0 saturated carbocycles. The smallest absolute Gasteiger partial charge is 0.131 e. The fourth-order valence-corrected chi connectivity index (χ4v) is 2.94. The van der Waals surface area contributed by atoms with Gasteiger partial charge in [-0.15, -0.1) is 11.3 Å². The molecule has 0 aliphatic rings. The molecule has 0 saturated heterocycles. The van der Waals surface area contributed by atoms with Crippen LogP contribution in [0.4, 0.5) is 8.78 Å². The zero-order valence-corrected chi connectivity index (χ0v) is 11.1. The van der Waals surface area contributed by atoms with E-state index in [-0.39, 0.29) is 5.56 Å². The number of nitrogens with two attached hydrogens (primary N) is 1. The monoisotopic (exact) mass is 291 g/mol. The van der Waals surface area contributed by atoms with Gasteiger partial charge in [0, 0.05) is 11.8 Å². The molecule has 0 radical (unpaired) electrons. The predicted molar refractivity (Wildman–Crippen MR) is 75.1 cm³/mol. The topological polar surface area (TPSA) is 50.9 Å². The maximum Gasteiger partial charge on any atom is 0.131 e. The highest BCUT2D eigenvalue weighted by Crippen LogP contribution is 2.29. The number of nitrogens with one attached hydrogen (secondary N) is 1. The lowest BCUT2D eigenvalue weighted by molar-refractivity contribution is 0.510. The van der Waals surface area contributed by atoms with E-state index < -0.39 is 17.7 Å². The van der Waals surface area contributed by atoms with Crippen molar-refractivity contribution in [1.82, 2.24) is 10.4 Å². The van der Waals surface area contributed by atoms with Gasteiger partial charge < -0.3 is 0 Å². The van der Waals surface area contributed by atoms with Crippen LogP contribution in [0.15, 0.2) is 41.9 Å². The van der Waals surface area contributed by atoms with Crippen molar-refractivity contribution in [1.29, 1.82) is 0 Å². The largest absolute Gasteiger partial charge is 0.271 e. The number of halogens is 2. The van der Waals surface area contributed by atoms with Crippen molar-refractivity contribution in [2.24, 2.45) is 5.84 Å². The summed E-state index contributed by atoms with van der Waals surface area (Å²) >= 11 is 1.51. The van der Waals surface area contributed by atoms with Gasteiger partial charge in [0.05, 0.1) is 16.3 Å². The van der Waals surface area contributed by atoms with Gasteiger partial charge in [-0.05, 0) is 35.2 Å². The summed E-state index contributed by atoms with van der Waals surface area (Å²) in [5.41, 5.74) is 3.82. The molecule has 3 nitrogen and oxygen atoms in total. The number of thiophene rings is 1. The zero-order valence-electron chi connectivity index (χ0n) is 10.3. The molecule has 0 fully saturated rings. The Kier molecular flexibility index (Phi) is 3.43. The van der Waals surface area contributed by atoms with Crippen molar-refractivity contribution >= 4 is 21.6 Å². The Hall–Kier alpha value is -1.89. The third kappa shape index (κ3) is 2.18. The van der Waals surface area contributed by atoms with E-state index in [1.165, 1.54) is 29.5 Å². The first-order valence-electron chi connectivity index (χ1n) is 5.94. The first-order chi connectivity index (χ1) is 9.70. The van der Waals surface area contributed by atoms with Gasteiger partial charge >= 0.3 is 0 Å². The van der Waals surface area contributed by atoms with Gasteiger partial charge in [0.1, 0.15) is 11.6 Å². The van der Waals surface area contributed by atoms with Crippen LogP contribution >= 0.6 is 11.3 Å². The van der Waals surface area contributed by atoms with E-state index in [0.717, 1.165) is 10.2 Å². The van der Waals surface area contributed by atoms with Crippen molar-refractivity contribution in [2.75, 3.05) is 0 Å². The molecule has 20 heavy (non-hydrogen) atoms. The lowest BCUT2D eigenvalue weighted by Gasteiger charge is -2.18. The Labute approximate surface area is 118 Å². The highest BCUT2D eigenvalue weighted by molar-refractivity contribution is 7.17. The van der Waals surface area contributed by atoms with E-state index >= 15 is 0 Å². The van der Waals surface area contributed by atoms with Crippen molar-refractivity contribution in [2.45, 2.75) is 6.04 Å². The average Bonchev–Trinajstić information content (AvgIpc) is 2.90.